The summed E-state index contributed by atoms with van der Waals surface area (Å²) >= 11 is 0. The molecule has 0 atom stereocenters. The summed E-state index contributed by atoms with van der Waals surface area (Å²) < 4.78 is 1.46. The first-order valence-corrected chi connectivity index (χ1v) is 7.24. The predicted octanol–water partition coefficient (Wildman–Crippen LogP) is 0.702. The molecule has 0 N–H and O–H groups in total. The van der Waals surface area contributed by atoms with E-state index in [9.17, 15) is 14.9 Å². The molecular weight excluding hydrogens is 272 g/mol. The molecule has 1 saturated heterocycles. The number of aromatic nitrogens is 1. The van der Waals surface area contributed by atoms with Crippen molar-refractivity contribution >= 4 is 5.69 Å². The Kier molecular flexibility index (Phi) is 5.08. The van der Waals surface area contributed by atoms with E-state index in [0.29, 0.717) is 12.1 Å². The molecule has 21 heavy (non-hydrogen) atoms. The number of piperazine rings is 1. The topological polar surface area (TPSA) is 71.6 Å². The highest BCUT2D eigenvalue weighted by Crippen LogP contribution is 2.10. The molecule has 0 amide bonds. The number of hydrogen-bond acceptors (Lipinski definition) is 5. The van der Waals surface area contributed by atoms with Gasteiger partial charge in [-0.15, -0.1) is 0 Å². The van der Waals surface area contributed by atoms with E-state index in [1.165, 1.54) is 16.8 Å². The Morgan fingerprint density at radius 2 is 1.90 bits per heavy atom. The van der Waals surface area contributed by atoms with Crippen LogP contribution < -0.4 is 5.56 Å². The Morgan fingerprint density at radius 1 is 1.24 bits per heavy atom. The van der Waals surface area contributed by atoms with E-state index in [0.717, 1.165) is 39.1 Å². The number of aryl methyl sites for hydroxylation is 2. The normalized spacial score (nSPS) is 17.0. The van der Waals surface area contributed by atoms with Crippen molar-refractivity contribution in [3.05, 3.63) is 38.3 Å². The first-order valence-electron chi connectivity index (χ1n) is 7.24. The molecule has 0 radical (unpaired) electrons. The molecule has 2 heterocycles. The first-order chi connectivity index (χ1) is 9.97. The molecule has 7 heteroatoms. The van der Waals surface area contributed by atoms with Crippen LogP contribution >= 0.6 is 0 Å². The minimum absolute atomic E-state index is 0.0216. The van der Waals surface area contributed by atoms with Crippen molar-refractivity contribution in [3.63, 3.8) is 0 Å². The number of nitro groups is 1. The molecule has 1 aliphatic rings. The summed E-state index contributed by atoms with van der Waals surface area (Å²) in [6, 6.07) is 1.33. The van der Waals surface area contributed by atoms with E-state index >= 15 is 0 Å². The molecule has 1 aromatic heterocycles. The average molecular weight is 294 g/mol. The SMILES string of the molecule is Cc1cc([N+](=O)[O-])cn(CCCN2CCN(C)CC2)c1=O. The summed E-state index contributed by atoms with van der Waals surface area (Å²) in [7, 11) is 2.11. The van der Waals surface area contributed by atoms with Crippen LogP contribution in [0.1, 0.15) is 12.0 Å². The number of likely N-dealkylation sites (N-methyl/N-ethyl adjacent to an activating group) is 1. The van der Waals surface area contributed by atoms with Gasteiger partial charge in [-0.05, 0) is 26.9 Å². The van der Waals surface area contributed by atoms with Crippen LogP contribution in [0.3, 0.4) is 0 Å². The molecule has 1 aromatic rings. The Balaban J connectivity index is 1.94. The number of nitrogens with zero attached hydrogens (tertiary/aromatic N) is 4. The Bertz CT molecular complexity index is 562. The molecule has 0 saturated carbocycles. The lowest BCUT2D eigenvalue weighted by Crippen LogP contribution is -2.44. The Hall–Kier alpha value is -1.73. The third kappa shape index (κ3) is 4.12. The van der Waals surface area contributed by atoms with Crippen molar-refractivity contribution < 1.29 is 4.92 Å². The summed E-state index contributed by atoms with van der Waals surface area (Å²) in [6.45, 7) is 7.27. The largest absolute Gasteiger partial charge is 0.309 e. The van der Waals surface area contributed by atoms with E-state index < -0.39 is 4.92 Å². The zero-order valence-corrected chi connectivity index (χ0v) is 12.6. The van der Waals surface area contributed by atoms with Crippen LogP contribution in [-0.2, 0) is 6.54 Å². The van der Waals surface area contributed by atoms with Gasteiger partial charge in [0.05, 0.1) is 11.1 Å². The Labute approximate surface area is 123 Å². The molecule has 0 unspecified atom stereocenters. The summed E-state index contributed by atoms with van der Waals surface area (Å²) in [4.78, 5) is 27.0. The lowest BCUT2D eigenvalue weighted by molar-refractivity contribution is -0.385. The van der Waals surface area contributed by atoms with Gasteiger partial charge in [0.2, 0.25) is 0 Å². The lowest BCUT2D eigenvalue weighted by Gasteiger charge is -2.32. The molecule has 1 fully saturated rings. The van der Waals surface area contributed by atoms with Gasteiger partial charge >= 0.3 is 0 Å². The standard InChI is InChI=1S/C14H22N4O3/c1-12-10-13(18(20)21)11-17(14(12)19)5-3-4-16-8-6-15(2)7-9-16/h10-11H,3-9H2,1-2H3. The average Bonchev–Trinajstić information content (AvgIpc) is 2.45. The van der Waals surface area contributed by atoms with E-state index in [1.54, 1.807) is 6.92 Å². The third-order valence-corrected chi connectivity index (χ3v) is 3.93. The van der Waals surface area contributed by atoms with Crippen LogP contribution in [0.15, 0.2) is 17.1 Å². The zero-order valence-electron chi connectivity index (χ0n) is 12.6. The zero-order chi connectivity index (χ0) is 15.4. The number of rotatable bonds is 5. The quantitative estimate of drug-likeness (QED) is 0.590. The fourth-order valence-corrected chi connectivity index (χ4v) is 2.57. The second-order valence-corrected chi connectivity index (χ2v) is 5.64. The highest BCUT2D eigenvalue weighted by molar-refractivity contribution is 5.30. The van der Waals surface area contributed by atoms with Gasteiger partial charge in [0, 0.05) is 44.4 Å². The smallest absolute Gasteiger partial charge is 0.286 e. The Morgan fingerprint density at radius 3 is 2.52 bits per heavy atom. The van der Waals surface area contributed by atoms with E-state index in [-0.39, 0.29) is 11.2 Å². The predicted molar refractivity (Wildman–Crippen MR) is 80.6 cm³/mol. The van der Waals surface area contributed by atoms with Crippen molar-refractivity contribution in [1.29, 1.82) is 0 Å². The second-order valence-electron chi connectivity index (χ2n) is 5.64. The number of pyridine rings is 1. The maximum absolute atomic E-state index is 12.0. The fraction of sp³-hybridized carbons (Fsp3) is 0.643. The van der Waals surface area contributed by atoms with Crippen molar-refractivity contribution in [3.8, 4) is 0 Å². The molecule has 0 aliphatic carbocycles. The van der Waals surface area contributed by atoms with E-state index in [4.69, 9.17) is 0 Å². The van der Waals surface area contributed by atoms with E-state index in [1.807, 2.05) is 0 Å². The van der Waals surface area contributed by atoms with Gasteiger partial charge in [-0.2, -0.15) is 0 Å². The van der Waals surface area contributed by atoms with Crippen LogP contribution in [0, 0.1) is 17.0 Å². The fourth-order valence-electron chi connectivity index (χ4n) is 2.57. The molecule has 116 valence electrons. The van der Waals surface area contributed by atoms with Crippen LogP contribution in [0.2, 0.25) is 0 Å². The van der Waals surface area contributed by atoms with Crippen LogP contribution in [0.4, 0.5) is 5.69 Å². The van der Waals surface area contributed by atoms with Gasteiger partial charge in [-0.1, -0.05) is 0 Å². The lowest BCUT2D eigenvalue weighted by atomic mass is 10.2. The summed E-state index contributed by atoms with van der Waals surface area (Å²) in [5, 5.41) is 10.8. The van der Waals surface area contributed by atoms with Gasteiger partial charge in [0.25, 0.3) is 11.2 Å². The van der Waals surface area contributed by atoms with E-state index in [2.05, 4.69) is 16.8 Å². The molecular formula is C14H22N4O3. The second kappa shape index (κ2) is 6.82. The van der Waals surface area contributed by atoms with Crippen molar-refractivity contribution in [2.45, 2.75) is 19.9 Å². The van der Waals surface area contributed by atoms with Crippen LogP contribution in [0.5, 0.6) is 0 Å². The third-order valence-electron chi connectivity index (χ3n) is 3.93. The van der Waals surface area contributed by atoms with Gasteiger partial charge in [-0.3, -0.25) is 14.9 Å². The van der Waals surface area contributed by atoms with Crippen molar-refractivity contribution in [2.24, 2.45) is 0 Å². The molecule has 7 nitrogen and oxygen atoms in total. The molecule has 1 aliphatic heterocycles. The molecule has 0 bridgehead atoms. The maximum atomic E-state index is 12.0. The molecule has 2 rings (SSSR count). The first kappa shape index (κ1) is 15.7. The van der Waals surface area contributed by atoms with Gasteiger partial charge in [0.1, 0.15) is 0 Å². The number of hydrogen-bond donors (Lipinski definition) is 0. The highest BCUT2D eigenvalue weighted by Gasteiger charge is 2.14. The molecule has 0 aromatic carbocycles. The maximum Gasteiger partial charge on any atom is 0.286 e. The van der Waals surface area contributed by atoms with Gasteiger partial charge in [-0.25, -0.2) is 0 Å². The summed E-state index contributed by atoms with van der Waals surface area (Å²) in [5.41, 5.74) is 0.259. The van der Waals surface area contributed by atoms with Crippen molar-refractivity contribution in [1.82, 2.24) is 14.4 Å². The summed E-state index contributed by atoms with van der Waals surface area (Å²) in [6.07, 6.45) is 2.17. The molecule has 0 spiro atoms. The minimum atomic E-state index is -0.455. The summed E-state index contributed by atoms with van der Waals surface area (Å²) in [5.74, 6) is 0. The van der Waals surface area contributed by atoms with Gasteiger partial charge < -0.3 is 14.4 Å². The van der Waals surface area contributed by atoms with Crippen LogP contribution in [0.25, 0.3) is 0 Å². The van der Waals surface area contributed by atoms with Crippen molar-refractivity contribution in [2.75, 3.05) is 39.8 Å². The minimum Gasteiger partial charge on any atom is -0.309 e. The van der Waals surface area contributed by atoms with Crippen LogP contribution in [-0.4, -0.2) is 59.1 Å². The van der Waals surface area contributed by atoms with Gasteiger partial charge in [0.15, 0.2) is 0 Å². The highest BCUT2D eigenvalue weighted by atomic mass is 16.6. The monoisotopic (exact) mass is 294 g/mol.